The topological polar surface area (TPSA) is 45.2 Å². The number of pyridine rings is 1. The van der Waals surface area contributed by atoms with Crippen molar-refractivity contribution in [2.45, 2.75) is 19.3 Å². The van der Waals surface area contributed by atoms with Crippen molar-refractivity contribution in [1.29, 1.82) is 0 Å². The van der Waals surface area contributed by atoms with Gasteiger partial charge in [0.2, 0.25) is 5.91 Å². The second-order valence-electron chi connectivity index (χ2n) is 6.32. The van der Waals surface area contributed by atoms with Gasteiger partial charge in [0.1, 0.15) is 5.82 Å². The number of hydrogen-bond acceptors (Lipinski definition) is 3. The van der Waals surface area contributed by atoms with Crippen molar-refractivity contribution in [3.63, 3.8) is 0 Å². The molecule has 0 spiro atoms. The summed E-state index contributed by atoms with van der Waals surface area (Å²) in [5, 5.41) is 2.85. The smallest absolute Gasteiger partial charge is 0.239 e. The lowest BCUT2D eigenvalue weighted by molar-refractivity contribution is -0.117. The Morgan fingerprint density at radius 1 is 1.17 bits per heavy atom. The Balaban J connectivity index is 1.41. The van der Waals surface area contributed by atoms with E-state index in [0.29, 0.717) is 12.4 Å². The molecule has 1 amide bonds. The summed E-state index contributed by atoms with van der Waals surface area (Å²) in [7, 11) is 0. The Morgan fingerprint density at radius 3 is 2.58 bits per heavy atom. The van der Waals surface area contributed by atoms with Crippen LogP contribution in [0, 0.1) is 5.92 Å². The highest BCUT2D eigenvalue weighted by molar-refractivity contribution is 9.10. The van der Waals surface area contributed by atoms with Crippen LogP contribution in [-0.4, -0.2) is 35.4 Å². The maximum atomic E-state index is 12.1. The third-order valence-corrected chi connectivity index (χ3v) is 4.91. The quantitative estimate of drug-likeness (QED) is 0.849. The zero-order valence-corrected chi connectivity index (χ0v) is 15.2. The lowest BCUT2D eigenvalue weighted by Crippen LogP contribution is -2.39. The normalized spacial score (nSPS) is 16.0. The summed E-state index contributed by atoms with van der Waals surface area (Å²) in [4.78, 5) is 18.5. The number of halogens is 1. The zero-order chi connectivity index (χ0) is 16.8. The van der Waals surface area contributed by atoms with Crippen molar-refractivity contribution in [2.75, 3.05) is 25.0 Å². The lowest BCUT2D eigenvalue weighted by Gasteiger charge is -2.31. The Hall–Kier alpha value is -1.72. The number of carbonyl (C=O) groups excluding carboxylic acids is 1. The van der Waals surface area contributed by atoms with Gasteiger partial charge in [0.15, 0.2) is 0 Å². The van der Waals surface area contributed by atoms with Gasteiger partial charge in [-0.2, -0.15) is 0 Å². The first-order valence-corrected chi connectivity index (χ1v) is 9.16. The minimum Gasteiger partial charge on any atom is -0.310 e. The molecule has 1 aliphatic heterocycles. The fraction of sp³-hybridized carbons (Fsp3) is 0.368. The second kappa shape index (κ2) is 8.40. The van der Waals surface area contributed by atoms with Crippen LogP contribution in [0.15, 0.2) is 53.1 Å². The summed E-state index contributed by atoms with van der Waals surface area (Å²) in [6, 6.07) is 14.3. The fourth-order valence-electron chi connectivity index (χ4n) is 3.13. The van der Waals surface area contributed by atoms with Crippen LogP contribution in [0.5, 0.6) is 0 Å². The first kappa shape index (κ1) is 17.1. The fourth-order valence-corrected chi connectivity index (χ4v) is 3.37. The van der Waals surface area contributed by atoms with Crippen LogP contribution in [0.4, 0.5) is 5.82 Å². The van der Waals surface area contributed by atoms with E-state index in [4.69, 9.17) is 0 Å². The summed E-state index contributed by atoms with van der Waals surface area (Å²) in [5.74, 6) is 1.33. The van der Waals surface area contributed by atoms with Crippen LogP contribution in [-0.2, 0) is 11.2 Å². The van der Waals surface area contributed by atoms with Gasteiger partial charge < -0.3 is 5.32 Å². The summed E-state index contributed by atoms with van der Waals surface area (Å²) in [6.45, 7) is 2.41. The summed E-state index contributed by atoms with van der Waals surface area (Å²) >= 11 is 3.34. The van der Waals surface area contributed by atoms with Crippen molar-refractivity contribution < 1.29 is 4.79 Å². The van der Waals surface area contributed by atoms with E-state index in [1.54, 1.807) is 12.3 Å². The molecule has 126 valence electrons. The molecule has 1 aromatic heterocycles. The van der Waals surface area contributed by atoms with Crippen molar-refractivity contribution in [3.8, 4) is 0 Å². The highest BCUT2D eigenvalue weighted by Crippen LogP contribution is 2.21. The number of piperidine rings is 1. The Kier molecular flexibility index (Phi) is 5.99. The van der Waals surface area contributed by atoms with Crippen molar-refractivity contribution in [1.82, 2.24) is 9.88 Å². The molecular weight excluding hydrogens is 366 g/mol. The number of nitrogens with zero attached hydrogens (tertiary/aromatic N) is 2. The lowest BCUT2D eigenvalue weighted by atomic mass is 9.90. The molecule has 1 aromatic carbocycles. The number of rotatable bonds is 5. The van der Waals surface area contributed by atoms with Crippen LogP contribution in [0.2, 0.25) is 0 Å². The van der Waals surface area contributed by atoms with E-state index < -0.39 is 0 Å². The zero-order valence-electron chi connectivity index (χ0n) is 13.6. The molecule has 1 fully saturated rings. The van der Waals surface area contributed by atoms with Gasteiger partial charge in [-0.15, -0.1) is 0 Å². The van der Waals surface area contributed by atoms with Gasteiger partial charge in [-0.05, 0) is 71.9 Å². The van der Waals surface area contributed by atoms with Gasteiger partial charge in [-0.1, -0.05) is 30.3 Å². The van der Waals surface area contributed by atoms with Crippen LogP contribution >= 0.6 is 15.9 Å². The number of carbonyl (C=O) groups is 1. The van der Waals surface area contributed by atoms with Gasteiger partial charge >= 0.3 is 0 Å². The Bertz CT molecular complexity index is 652. The van der Waals surface area contributed by atoms with E-state index >= 15 is 0 Å². The second-order valence-corrected chi connectivity index (χ2v) is 7.23. The average Bonchev–Trinajstić information content (AvgIpc) is 2.60. The van der Waals surface area contributed by atoms with Crippen LogP contribution < -0.4 is 5.32 Å². The minimum absolute atomic E-state index is 0.00586. The molecule has 2 aromatic rings. The van der Waals surface area contributed by atoms with E-state index in [0.717, 1.165) is 42.7 Å². The van der Waals surface area contributed by atoms with E-state index in [-0.39, 0.29) is 5.91 Å². The molecule has 1 aliphatic rings. The van der Waals surface area contributed by atoms with Crippen molar-refractivity contribution >= 4 is 27.7 Å². The summed E-state index contributed by atoms with van der Waals surface area (Å²) in [5.41, 5.74) is 1.41. The summed E-state index contributed by atoms with van der Waals surface area (Å²) in [6.07, 6.45) is 5.13. The number of benzene rings is 1. The van der Waals surface area contributed by atoms with Gasteiger partial charge in [0.05, 0.1) is 6.54 Å². The molecule has 0 radical (unpaired) electrons. The van der Waals surface area contributed by atoms with E-state index in [2.05, 4.69) is 61.5 Å². The largest absolute Gasteiger partial charge is 0.310 e. The van der Waals surface area contributed by atoms with Crippen LogP contribution in [0.25, 0.3) is 0 Å². The molecule has 0 unspecified atom stereocenters. The number of anilines is 1. The molecule has 0 atom stereocenters. The van der Waals surface area contributed by atoms with Crippen LogP contribution in [0.3, 0.4) is 0 Å². The van der Waals surface area contributed by atoms with E-state index in [9.17, 15) is 4.79 Å². The predicted molar refractivity (Wildman–Crippen MR) is 99.9 cm³/mol. The molecule has 4 nitrogen and oxygen atoms in total. The summed E-state index contributed by atoms with van der Waals surface area (Å²) < 4.78 is 0.904. The molecule has 0 bridgehead atoms. The van der Waals surface area contributed by atoms with E-state index in [1.165, 1.54) is 5.56 Å². The molecule has 0 aliphatic carbocycles. The highest BCUT2D eigenvalue weighted by Gasteiger charge is 2.21. The highest BCUT2D eigenvalue weighted by atomic mass is 79.9. The van der Waals surface area contributed by atoms with Crippen LogP contribution in [0.1, 0.15) is 18.4 Å². The molecule has 0 saturated carbocycles. The molecule has 1 saturated heterocycles. The monoisotopic (exact) mass is 387 g/mol. The maximum Gasteiger partial charge on any atom is 0.239 e. The SMILES string of the molecule is O=C(CN1CCC(Cc2ccccc2)CC1)Nc1ccc(Br)cn1. The third kappa shape index (κ3) is 5.14. The third-order valence-electron chi connectivity index (χ3n) is 4.44. The molecule has 1 N–H and O–H groups in total. The van der Waals surface area contributed by atoms with Crippen molar-refractivity contribution in [2.24, 2.45) is 5.92 Å². The number of nitrogens with one attached hydrogen (secondary N) is 1. The van der Waals surface area contributed by atoms with Gasteiger partial charge in [-0.3, -0.25) is 9.69 Å². The Labute approximate surface area is 151 Å². The van der Waals surface area contributed by atoms with Gasteiger partial charge in [0.25, 0.3) is 0 Å². The number of likely N-dealkylation sites (tertiary alicyclic amines) is 1. The number of aromatic nitrogens is 1. The van der Waals surface area contributed by atoms with E-state index in [1.807, 2.05) is 6.07 Å². The number of amides is 1. The molecule has 2 heterocycles. The molecule has 24 heavy (non-hydrogen) atoms. The average molecular weight is 388 g/mol. The predicted octanol–water partition coefficient (Wildman–Crippen LogP) is 3.74. The van der Waals surface area contributed by atoms with Gasteiger partial charge in [-0.25, -0.2) is 4.98 Å². The molecular formula is C19H22BrN3O. The maximum absolute atomic E-state index is 12.1. The minimum atomic E-state index is 0.00586. The van der Waals surface area contributed by atoms with Gasteiger partial charge in [0, 0.05) is 10.7 Å². The number of hydrogen-bond donors (Lipinski definition) is 1. The van der Waals surface area contributed by atoms with Crippen molar-refractivity contribution in [3.05, 3.63) is 58.7 Å². The first-order chi connectivity index (χ1) is 11.7. The Morgan fingerprint density at radius 2 is 1.92 bits per heavy atom. The molecule has 5 heteroatoms. The standard InChI is InChI=1S/C19H22BrN3O/c20-17-6-7-18(21-13-17)22-19(24)14-23-10-8-16(9-11-23)12-15-4-2-1-3-5-15/h1-7,13,16H,8-12,14H2,(H,21,22,24). The molecule has 3 rings (SSSR count). The first-order valence-electron chi connectivity index (χ1n) is 8.37.